The number of amidine groups is 1. The molecule has 1 aliphatic heterocycles. The number of hydrogen-bond donors (Lipinski definition) is 4. The zero-order valence-electron chi connectivity index (χ0n) is 20.6. The van der Waals surface area contributed by atoms with E-state index >= 15 is 0 Å². The summed E-state index contributed by atoms with van der Waals surface area (Å²) in [6.45, 7) is 3.54. The third kappa shape index (κ3) is 4.07. The summed E-state index contributed by atoms with van der Waals surface area (Å²) < 4.78 is 5.39. The van der Waals surface area contributed by atoms with Crippen LogP contribution < -0.4 is 16.2 Å². The number of aliphatic imine (C=N–C) groups is 1. The highest BCUT2D eigenvalue weighted by atomic mass is 16.5. The fourth-order valence-corrected chi connectivity index (χ4v) is 4.57. The molecular weight excluding hydrogens is 466 g/mol. The summed E-state index contributed by atoms with van der Waals surface area (Å²) in [5.41, 5.74) is 19.0. The summed E-state index contributed by atoms with van der Waals surface area (Å²) in [5, 5.41) is 0. The van der Waals surface area contributed by atoms with Crippen LogP contribution in [0.2, 0.25) is 0 Å². The lowest BCUT2D eigenvalue weighted by Gasteiger charge is -2.38. The van der Waals surface area contributed by atoms with Crippen LogP contribution in [0.1, 0.15) is 12.6 Å². The molecule has 5 aromatic rings. The number of pyridine rings is 2. The van der Waals surface area contributed by atoms with E-state index in [1.807, 2.05) is 55.6 Å². The van der Waals surface area contributed by atoms with Gasteiger partial charge in [0.25, 0.3) is 0 Å². The van der Waals surface area contributed by atoms with E-state index in [-0.39, 0.29) is 6.04 Å². The second-order valence-corrected chi connectivity index (χ2v) is 9.04. The lowest BCUT2D eigenvalue weighted by molar-refractivity contribution is 0.253. The molecule has 0 radical (unpaired) electrons. The number of fused-ring (bicyclic) bond motifs is 2. The first kappa shape index (κ1) is 22.7. The van der Waals surface area contributed by atoms with E-state index in [4.69, 9.17) is 31.2 Å². The molecular formula is C27H27N9O. The summed E-state index contributed by atoms with van der Waals surface area (Å²) in [5.74, 6) is 2.32. The number of ether oxygens (including phenoxy) is 1. The highest BCUT2D eigenvalue weighted by Gasteiger charge is 2.24. The Kier molecular flexibility index (Phi) is 5.57. The number of benzene rings is 1. The van der Waals surface area contributed by atoms with Crippen LogP contribution in [0.3, 0.4) is 0 Å². The molecule has 6 rings (SSSR count). The van der Waals surface area contributed by atoms with E-state index in [2.05, 4.69) is 19.9 Å². The van der Waals surface area contributed by atoms with Crippen molar-refractivity contribution >= 4 is 33.6 Å². The van der Waals surface area contributed by atoms with Gasteiger partial charge in [0.05, 0.1) is 40.6 Å². The topological polar surface area (TPSA) is 147 Å². The fourth-order valence-electron chi connectivity index (χ4n) is 4.57. The quantitative estimate of drug-likeness (QED) is 0.216. The van der Waals surface area contributed by atoms with E-state index in [1.54, 1.807) is 13.3 Å². The van der Waals surface area contributed by atoms with Crippen LogP contribution in [0.5, 0.6) is 5.75 Å². The van der Waals surface area contributed by atoms with Gasteiger partial charge in [0.2, 0.25) is 0 Å². The number of aromatic amines is 2. The first-order chi connectivity index (χ1) is 18.0. The first-order valence-electron chi connectivity index (χ1n) is 12.0. The van der Waals surface area contributed by atoms with Gasteiger partial charge in [-0.05, 0) is 37.3 Å². The monoisotopic (exact) mass is 493 g/mol. The highest BCUT2D eigenvalue weighted by molar-refractivity contribution is 5.96. The van der Waals surface area contributed by atoms with E-state index < -0.39 is 0 Å². The van der Waals surface area contributed by atoms with Crippen molar-refractivity contribution in [1.82, 2.24) is 29.8 Å². The minimum atomic E-state index is 0.191. The molecule has 0 unspecified atom stereocenters. The SMILES string of the molecule is COc1cccc(-c2nccc3[nH]c(-c4c[nH]c5ccc(/C(=C/N)N=C(C)N6CC(N)C6)nc45)nc23)c1. The smallest absolute Gasteiger partial charge is 0.142 e. The van der Waals surface area contributed by atoms with Gasteiger partial charge in [0.1, 0.15) is 28.6 Å². The molecule has 0 spiro atoms. The van der Waals surface area contributed by atoms with E-state index in [1.165, 1.54) is 6.20 Å². The van der Waals surface area contributed by atoms with Crippen molar-refractivity contribution in [3.05, 3.63) is 66.8 Å². The van der Waals surface area contributed by atoms with Crippen LogP contribution in [0, 0.1) is 0 Å². The number of aromatic nitrogens is 5. The summed E-state index contributed by atoms with van der Waals surface area (Å²) in [6, 6.07) is 13.8. The number of rotatable bonds is 5. The van der Waals surface area contributed by atoms with Crippen molar-refractivity contribution in [1.29, 1.82) is 0 Å². The Bertz CT molecular complexity index is 1670. The van der Waals surface area contributed by atoms with Gasteiger partial charge in [-0.2, -0.15) is 0 Å². The number of methoxy groups -OCH3 is 1. The number of hydrogen-bond acceptors (Lipinski definition) is 7. The van der Waals surface area contributed by atoms with E-state index in [9.17, 15) is 0 Å². The number of nitrogens with one attached hydrogen (secondary N) is 2. The summed E-state index contributed by atoms with van der Waals surface area (Å²) in [7, 11) is 1.65. The van der Waals surface area contributed by atoms with Crippen molar-refractivity contribution in [3.8, 4) is 28.4 Å². The van der Waals surface area contributed by atoms with Crippen LogP contribution in [0.4, 0.5) is 0 Å². The first-order valence-corrected chi connectivity index (χ1v) is 12.0. The Morgan fingerprint density at radius 3 is 2.78 bits per heavy atom. The van der Waals surface area contributed by atoms with Gasteiger partial charge in [0.15, 0.2) is 0 Å². The lowest BCUT2D eigenvalue weighted by atomic mass is 10.1. The molecule has 10 heteroatoms. The Morgan fingerprint density at radius 1 is 1.14 bits per heavy atom. The average molecular weight is 494 g/mol. The van der Waals surface area contributed by atoms with Gasteiger partial charge in [0, 0.05) is 43.3 Å². The molecule has 0 bridgehead atoms. The molecule has 0 saturated carbocycles. The standard InChI is InChI=1S/C27H27N9O/c1-15(36-13-17(29)14-36)32-23(11-28)20-6-7-21-25(33-20)19(12-31-21)27-34-22-8-9-30-24(26(22)35-27)16-4-3-5-18(10-16)37-2/h3-12,17,31H,13-14,28-29H2,1-2H3,(H,34,35)/b23-11-,32-15?. The molecule has 0 aliphatic carbocycles. The zero-order chi connectivity index (χ0) is 25.5. The molecule has 5 heterocycles. The van der Waals surface area contributed by atoms with Gasteiger partial charge >= 0.3 is 0 Å². The molecule has 1 saturated heterocycles. The number of imidazole rings is 1. The Hall–Kier alpha value is -4.70. The molecule has 186 valence electrons. The lowest BCUT2D eigenvalue weighted by Crippen LogP contribution is -2.57. The van der Waals surface area contributed by atoms with Crippen LogP contribution in [-0.4, -0.2) is 61.9 Å². The zero-order valence-corrected chi connectivity index (χ0v) is 20.6. The molecule has 1 fully saturated rings. The van der Waals surface area contributed by atoms with Crippen LogP contribution in [-0.2, 0) is 0 Å². The van der Waals surface area contributed by atoms with Crippen LogP contribution in [0.25, 0.3) is 50.4 Å². The van der Waals surface area contributed by atoms with Crippen molar-refractivity contribution in [2.24, 2.45) is 16.5 Å². The fraction of sp³-hybridized carbons (Fsp3) is 0.185. The Morgan fingerprint density at radius 2 is 2.00 bits per heavy atom. The maximum absolute atomic E-state index is 5.96. The minimum Gasteiger partial charge on any atom is -0.497 e. The van der Waals surface area contributed by atoms with Gasteiger partial charge in [-0.25, -0.2) is 15.0 Å². The predicted molar refractivity (Wildman–Crippen MR) is 146 cm³/mol. The van der Waals surface area contributed by atoms with Gasteiger partial charge in [-0.1, -0.05) is 12.1 Å². The largest absolute Gasteiger partial charge is 0.497 e. The van der Waals surface area contributed by atoms with Crippen molar-refractivity contribution < 1.29 is 4.74 Å². The highest BCUT2D eigenvalue weighted by Crippen LogP contribution is 2.32. The van der Waals surface area contributed by atoms with Gasteiger partial charge in [-0.3, -0.25) is 4.98 Å². The van der Waals surface area contributed by atoms with E-state index in [0.717, 1.165) is 63.6 Å². The second-order valence-electron chi connectivity index (χ2n) is 9.04. The van der Waals surface area contributed by atoms with Crippen LogP contribution in [0.15, 0.2) is 66.1 Å². The number of nitrogens with two attached hydrogens (primary N) is 2. The summed E-state index contributed by atoms with van der Waals surface area (Å²) >= 11 is 0. The normalized spacial score (nSPS) is 14.9. The van der Waals surface area contributed by atoms with Crippen molar-refractivity contribution in [2.45, 2.75) is 13.0 Å². The van der Waals surface area contributed by atoms with Crippen molar-refractivity contribution in [2.75, 3.05) is 20.2 Å². The number of likely N-dealkylation sites (tertiary alicyclic amines) is 1. The maximum atomic E-state index is 5.96. The molecule has 37 heavy (non-hydrogen) atoms. The third-order valence-electron chi connectivity index (χ3n) is 6.59. The van der Waals surface area contributed by atoms with E-state index in [0.29, 0.717) is 17.2 Å². The molecule has 10 nitrogen and oxygen atoms in total. The second kappa shape index (κ2) is 9.07. The predicted octanol–water partition coefficient (Wildman–Crippen LogP) is 3.50. The molecule has 0 atom stereocenters. The minimum absolute atomic E-state index is 0.191. The number of nitrogens with zero attached hydrogens (tertiary/aromatic N) is 5. The Balaban J connectivity index is 1.40. The molecule has 6 N–H and O–H groups in total. The summed E-state index contributed by atoms with van der Waals surface area (Å²) in [4.78, 5) is 28.0. The number of H-pyrrole nitrogens is 2. The maximum Gasteiger partial charge on any atom is 0.142 e. The van der Waals surface area contributed by atoms with Crippen LogP contribution >= 0.6 is 0 Å². The van der Waals surface area contributed by atoms with Crippen molar-refractivity contribution in [3.63, 3.8) is 0 Å². The molecule has 4 aromatic heterocycles. The molecule has 1 aliphatic rings. The third-order valence-corrected chi connectivity index (χ3v) is 6.59. The average Bonchev–Trinajstić information content (AvgIpc) is 3.53. The van der Waals surface area contributed by atoms with Gasteiger partial charge < -0.3 is 31.1 Å². The molecule has 0 amide bonds. The molecule has 1 aromatic carbocycles. The summed E-state index contributed by atoms with van der Waals surface area (Å²) in [6.07, 6.45) is 5.16. The Labute approximate surface area is 213 Å². The van der Waals surface area contributed by atoms with Gasteiger partial charge in [-0.15, -0.1) is 0 Å².